The zero-order valence-electron chi connectivity index (χ0n) is 9.82. The topological polar surface area (TPSA) is 49.3 Å². The predicted molar refractivity (Wildman–Crippen MR) is 74.4 cm³/mol. The van der Waals surface area contributed by atoms with Crippen molar-refractivity contribution in [3.05, 3.63) is 50.9 Å². The fourth-order valence-corrected chi connectivity index (χ4v) is 2.78. The van der Waals surface area contributed by atoms with E-state index in [0.29, 0.717) is 17.3 Å². The summed E-state index contributed by atoms with van der Waals surface area (Å²) in [6.07, 6.45) is 0.0243. The van der Waals surface area contributed by atoms with E-state index in [4.69, 9.17) is 16.7 Å². The lowest BCUT2D eigenvalue weighted by atomic mass is 10.3. The third kappa shape index (κ3) is 4.22. The summed E-state index contributed by atoms with van der Waals surface area (Å²) in [5, 5.41) is 12.1. The first-order chi connectivity index (χ1) is 9.02. The second kappa shape index (κ2) is 6.04. The zero-order valence-corrected chi connectivity index (χ0v) is 11.4. The molecule has 19 heavy (non-hydrogen) atoms. The smallest absolute Gasteiger partial charge is 0.308 e. The zero-order chi connectivity index (χ0) is 13.8. The average Bonchev–Trinajstić information content (AvgIpc) is 2.72. The molecule has 0 saturated carbocycles. The van der Waals surface area contributed by atoms with Crippen LogP contribution in [-0.4, -0.2) is 11.1 Å². The maximum absolute atomic E-state index is 13.1. The van der Waals surface area contributed by atoms with Crippen LogP contribution < -0.4 is 5.32 Å². The lowest BCUT2D eigenvalue weighted by molar-refractivity contribution is -0.136. The number of nitrogens with one attached hydrogen (secondary N) is 1. The SMILES string of the molecule is O=C(O)Cc1ccc(CNc2cc(F)cc(Cl)c2)s1. The third-order valence-corrected chi connectivity index (χ3v) is 3.68. The van der Waals surface area contributed by atoms with E-state index in [0.717, 1.165) is 9.75 Å². The number of aliphatic carboxylic acids is 1. The number of carbonyl (C=O) groups is 1. The van der Waals surface area contributed by atoms with E-state index in [9.17, 15) is 9.18 Å². The molecule has 6 heteroatoms. The van der Waals surface area contributed by atoms with E-state index in [1.54, 1.807) is 12.1 Å². The number of benzene rings is 1. The molecule has 3 nitrogen and oxygen atoms in total. The minimum absolute atomic E-state index is 0.0243. The van der Waals surface area contributed by atoms with Crippen molar-refractivity contribution >= 4 is 34.6 Å². The minimum atomic E-state index is -0.849. The van der Waals surface area contributed by atoms with Crippen LogP contribution in [-0.2, 0) is 17.8 Å². The predicted octanol–water partition coefficient (Wildman–Crippen LogP) is 3.78. The number of carboxylic acid groups (broad SMARTS) is 1. The number of anilines is 1. The first kappa shape index (κ1) is 13.8. The van der Waals surface area contributed by atoms with Gasteiger partial charge >= 0.3 is 5.97 Å². The van der Waals surface area contributed by atoms with E-state index in [2.05, 4.69) is 5.32 Å². The van der Waals surface area contributed by atoms with Crippen molar-refractivity contribution in [3.8, 4) is 0 Å². The molecule has 0 unspecified atom stereocenters. The maximum atomic E-state index is 13.1. The molecule has 0 radical (unpaired) electrons. The first-order valence-electron chi connectivity index (χ1n) is 5.52. The van der Waals surface area contributed by atoms with E-state index in [-0.39, 0.29) is 6.42 Å². The van der Waals surface area contributed by atoms with Gasteiger partial charge in [-0.3, -0.25) is 4.79 Å². The van der Waals surface area contributed by atoms with Crippen molar-refractivity contribution < 1.29 is 14.3 Å². The van der Waals surface area contributed by atoms with Crippen molar-refractivity contribution in [2.75, 3.05) is 5.32 Å². The standard InChI is InChI=1S/C13H11ClFNO2S/c14-8-3-9(15)5-10(4-8)16-7-12-2-1-11(19-12)6-13(17)18/h1-5,16H,6-7H2,(H,17,18). The Kier molecular flexibility index (Phi) is 4.39. The Morgan fingerprint density at radius 3 is 2.74 bits per heavy atom. The molecule has 0 fully saturated rings. The Labute approximate surface area is 118 Å². The molecule has 0 atom stereocenters. The van der Waals surface area contributed by atoms with Gasteiger partial charge < -0.3 is 10.4 Å². The summed E-state index contributed by atoms with van der Waals surface area (Å²) in [4.78, 5) is 12.3. The Hall–Kier alpha value is -1.59. The van der Waals surface area contributed by atoms with Crippen LogP contribution in [0.3, 0.4) is 0 Å². The molecule has 2 rings (SSSR count). The summed E-state index contributed by atoms with van der Waals surface area (Å²) < 4.78 is 13.1. The molecule has 2 aromatic rings. The van der Waals surface area contributed by atoms with Gasteiger partial charge in [-0.25, -0.2) is 4.39 Å². The van der Waals surface area contributed by atoms with Crippen LogP contribution in [0.2, 0.25) is 5.02 Å². The molecule has 0 amide bonds. The summed E-state index contributed by atoms with van der Waals surface area (Å²) in [7, 11) is 0. The number of hydrogen-bond acceptors (Lipinski definition) is 3. The molecular weight excluding hydrogens is 289 g/mol. The highest BCUT2D eigenvalue weighted by molar-refractivity contribution is 7.12. The van der Waals surface area contributed by atoms with Crippen molar-refractivity contribution in [3.63, 3.8) is 0 Å². The molecule has 0 aliphatic rings. The molecule has 0 saturated heterocycles. The highest BCUT2D eigenvalue weighted by Gasteiger charge is 2.05. The summed E-state index contributed by atoms with van der Waals surface area (Å²) >= 11 is 7.17. The number of thiophene rings is 1. The number of halogens is 2. The summed E-state index contributed by atoms with van der Waals surface area (Å²) in [6, 6.07) is 7.88. The summed E-state index contributed by atoms with van der Waals surface area (Å²) in [5.74, 6) is -1.24. The Morgan fingerprint density at radius 1 is 1.32 bits per heavy atom. The minimum Gasteiger partial charge on any atom is -0.481 e. The Balaban J connectivity index is 1.98. The maximum Gasteiger partial charge on any atom is 0.308 e. The quantitative estimate of drug-likeness (QED) is 0.883. The fourth-order valence-electron chi connectivity index (χ4n) is 1.61. The van der Waals surface area contributed by atoms with E-state index < -0.39 is 11.8 Å². The van der Waals surface area contributed by atoms with Gasteiger partial charge in [0, 0.05) is 27.0 Å². The van der Waals surface area contributed by atoms with Crippen LogP contribution in [0.4, 0.5) is 10.1 Å². The van der Waals surface area contributed by atoms with Gasteiger partial charge in [-0.15, -0.1) is 11.3 Å². The molecule has 1 heterocycles. The second-order valence-corrected chi connectivity index (χ2v) is 5.64. The number of hydrogen-bond donors (Lipinski definition) is 2. The van der Waals surface area contributed by atoms with Crippen molar-refractivity contribution in [1.29, 1.82) is 0 Å². The fraction of sp³-hybridized carbons (Fsp3) is 0.154. The van der Waals surface area contributed by atoms with Crippen LogP contribution in [0.25, 0.3) is 0 Å². The molecule has 0 spiro atoms. The first-order valence-corrected chi connectivity index (χ1v) is 6.72. The average molecular weight is 300 g/mol. The lowest BCUT2D eigenvalue weighted by Crippen LogP contribution is -1.98. The van der Waals surface area contributed by atoms with Gasteiger partial charge in [0.15, 0.2) is 0 Å². The molecule has 0 aliphatic carbocycles. The largest absolute Gasteiger partial charge is 0.481 e. The number of rotatable bonds is 5. The molecule has 1 aromatic carbocycles. The van der Waals surface area contributed by atoms with E-state index >= 15 is 0 Å². The normalized spacial score (nSPS) is 10.4. The third-order valence-electron chi connectivity index (χ3n) is 2.37. The van der Waals surface area contributed by atoms with Gasteiger partial charge in [0.05, 0.1) is 6.42 Å². The van der Waals surface area contributed by atoms with Gasteiger partial charge in [-0.05, 0) is 30.3 Å². The molecule has 1 aromatic heterocycles. The summed E-state index contributed by atoms with van der Waals surface area (Å²) in [6.45, 7) is 0.504. The van der Waals surface area contributed by atoms with Gasteiger partial charge in [0.1, 0.15) is 5.82 Å². The van der Waals surface area contributed by atoms with Crippen LogP contribution in [0.15, 0.2) is 30.3 Å². The van der Waals surface area contributed by atoms with Crippen LogP contribution in [0, 0.1) is 5.82 Å². The van der Waals surface area contributed by atoms with Gasteiger partial charge in [0.2, 0.25) is 0 Å². The van der Waals surface area contributed by atoms with Crippen molar-refractivity contribution in [1.82, 2.24) is 0 Å². The molecule has 100 valence electrons. The van der Waals surface area contributed by atoms with Crippen LogP contribution >= 0.6 is 22.9 Å². The van der Waals surface area contributed by atoms with Gasteiger partial charge in [0.25, 0.3) is 0 Å². The lowest BCUT2D eigenvalue weighted by Gasteiger charge is -2.05. The monoisotopic (exact) mass is 299 g/mol. The van der Waals surface area contributed by atoms with Gasteiger partial charge in [-0.1, -0.05) is 11.6 Å². The second-order valence-electron chi connectivity index (χ2n) is 3.95. The highest BCUT2D eigenvalue weighted by atomic mass is 35.5. The number of carboxylic acids is 1. The molecular formula is C13H11ClFNO2S. The Morgan fingerprint density at radius 2 is 2.05 bits per heavy atom. The van der Waals surface area contributed by atoms with Crippen molar-refractivity contribution in [2.45, 2.75) is 13.0 Å². The molecule has 0 bridgehead atoms. The van der Waals surface area contributed by atoms with Crippen molar-refractivity contribution in [2.24, 2.45) is 0 Å². The summed E-state index contributed by atoms with van der Waals surface area (Å²) in [5.41, 5.74) is 0.596. The van der Waals surface area contributed by atoms with E-state index in [1.165, 1.54) is 23.5 Å². The van der Waals surface area contributed by atoms with E-state index in [1.807, 2.05) is 6.07 Å². The molecule has 0 aliphatic heterocycles. The molecule has 2 N–H and O–H groups in total. The Bertz CT molecular complexity index is 580. The highest BCUT2D eigenvalue weighted by Crippen LogP contribution is 2.21. The van der Waals surface area contributed by atoms with Crippen LogP contribution in [0.5, 0.6) is 0 Å². The van der Waals surface area contributed by atoms with Crippen LogP contribution in [0.1, 0.15) is 9.75 Å². The van der Waals surface area contributed by atoms with Gasteiger partial charge in [-0.2, -0.15) is 0 Å².